The van der Waals surface area contributed by atoms with Gasteiger partial charge in [0.2, 0.25) is 0 Å². The first-order valence-electron chi connectivity index (χ1n) is 9.27. The van der Waals surface area contributed by atoms with Crippen molar-refractivity contribution < 1.29 is 13.1 Å². The molecule has 3 heterocycles. The Bertz CT molecular complexity index is 1180. The second-order valence-corrected chi connectivity index (χ2v) is 7.33. The fraction of sp³-hybridized carbons (Fsp3) is 0.143. The van der Waals surface area contributed by atoms with Crippen LogP contribution in [0.3, 0.4) is 0 Å². The van der Waals surface area contributed by atoms with Crippen LogP contribution in [0.4, 0.5) is 20.3 Å². The van der Waals surface area contributed by atoms with Gasteiger partial charge in [0, 0.05) is 5.69 Å². The average molecular weight is 376 g/mol. The molecule has 2 aliphatic rings. The third kappa shape index (κ3) is 2.16. The quantitative estimate of drug-likeness (QED) is 0.575. The summed E-state index contributed by atoms with van der Waals surface area (Å²) in [6.45, 7) is 1.50. The molecule has 0 radical (unpaired) electrons. The van der Waals surface area contributed by atoms with E-state index in [1.165, 1.54) is 0 Å². The summed E-state index contributed by atoms with van der Waals surface area (Å²) in [6, 6.07) is 15.0. The minimum atomic E-state index is -4.09. The summed E-state index contributed by atoms with van der Waals surface area (Å²) < 4.78 is 34.6. The van der Waals surface area contributed by atoms with Crippen LogP contribution in [0.15, 0.2) is 59.6 Å². The number of rotatable bonds is 1. The molecule has 2 aromatic carbocycles. The summed E-state index contributed by atoms with van der Waals surface area (Å²) in [5.74, 6) is 0.508. The van der Waals surface area contributed by atoms with Crippen molar-refractivity contribution >= 4 is 30.5 Å². The molecule has 4 nitrogen and oxygen atoms in total. The van der Waals surface area contributed by atoms with Crippen LogP contribution in [0.1, 0.15) is 22.5 Å². The van der Waals surface area contributed by atoms with E-state index in [2.05, 4.69) is 4.99 Å². The molecule has 7 heteroatoms. The number of para-hydroxylation sites is 1. The van der Waals surface area contributed by atoms with Gasteiger partial charge in [0.05, 0.1) is 5.69 Å². The normalized spacial score (nSPS) is 16.3. The Morgan fingerprint density at radius 3 is 2.39 bits per heavy atom. The first-order valence-corrected chi connectivity index (χ1v) is 9.27. The van der Waals surface area contributed by atoms with E-state index in [0.29, 0.717) is 11.4 Å². The number of hydrogen-bond acceptors (Lipinski definition) is 2. The molecule has 0 atom stereocenters. The van der Waals surface area contributed by atoms with E-state index in [1.807, 2.05) is 60.9 Å². The summed E-state index contributed by atoms with van der Waals surface area (Å²) in [6.07, 6.45) is 3.50. The van der Waals surface area contributed by atoms with Crippen LogP contribution in [0, 0.1) is 20.8 Å². The lowest BCUT2D eigenvalue weighted by molar-refractivity contribution is -0.559. The number of nitrogens with zero attached hydrogens (tertiary/aromatic N) is 4. The Morgan fingerprint density at radius 1 is 0.929 bits per heavy atom. The molecule has 28 heavy (non-hydrogen) atoms. The zero-order chi connectivity index (χ0) is 19.6. The summed E-state index contributed by atoms with van der Waals surface area (Å²) in [5, 5.41) is 0. The zero-order valence-electron chi connectivity index (χ0n) is 15.9. The maximum Gasteiger partial charge on any atom is 0.609 e. The van der Waals surface area contributed by atoms with Crippen LogP contribution >= 0.6 is 0 Å². The van der Waals surface area contributed by atoms with Crippen LogP contribution < -0.4 is 9.29 Å². The standard InChI is InChI=1S/C21H19BF2N4/c1-14-8-11-18(12-9-14)26-15(2)16(3)27-21(26)25-20-13-10-17-6-4-5-7-19(17)28(20)22(27,23)24/h4-13H,1-3H3. The van der Waals surface area contributed by atoms with Crippen molar-refractivity contribution in [3.05, 3.63) is 77.1 Å². The van der Waals surface area contributed by atoms with E-state index in [0.717, 1.165) is 31.8 Å². The molecule has 3 aromatic rings. The van der Waals surface area contributed by atoms with Gasteiger partial charge in [0.25, 0.3) is 0 Å². The Balaban J connectivity index is 1.80. The second-order valence-electron chi connectivity index (χ2n) is 7.33. The summed E-state index contributed by atoms with van der Waals surface area (Å²) in [4.78, 5) is 5.74. The highest BCUT2D eigenvalue weighted by molar-refractivity contribution is 6.68. The zero-order valence-corrected chi connectivity index (χ0v) is 15.9. The third-order valence-electron chi connectivity index (χ3n) is 5.62. The number of amidine groups is 1. The fourth-order valence-electron chi connectivity index (χ4n) is 4.07. The van der Waals surface area contributed by atoms with Gasteiger partial charge in [-0.05, 0) is 56.7 Å². The number of fused-ring (bicyclic) bond motifs is 4. The van der Waals surface area contributed by atoms with Gasteiger partial charge in [-0.25, -0.2) is 0 Å². The molecule has 1 aromatic heterocycles. The van der Waals surface area contributed by atoms with Gasteiger partial charge in [0.15, 0.2) is 5.84 Å². The highest BCUT2D eigenvalue weighted by atomic mass is 19.2. The molecule has 0 unspecified atom stereocenters. The summed E-state index contributed by atoms with van der Waals surface area (Å²) in [7, 11) is 0. The summed E-state index contributed by atoms with van der Waals surface area (Å²) >= 11 is 0. The lowest BCUT2D eigenvalue weighted by Gasteiger charge is -2.41. The predicted molar refractivity (Wildman–Crippen MR) is 109 cm³/mol. The van der Waals surface area contributed by atoms with E-state index >= 15 is 8.63 Å². The number of halogens is 2. The van der Waals surface area contributed by atoms with Crippen molar-refractivity contribution in [3.63, 3.8) is 0 Å². The van der Waals surface area contributed by atoms with E-state index < -0.39 is 6.97 Å². The van der Waals surface area contributed by atoms with Crippen molar-refractivity contribution in [2.75, 3.05) is 4.81 Å². The number of imidazole rings is 1. The maximum atomic E-state index is 15.9. The topological polar surface area (TPSA) is 24.4 Å². The molecular formula is C21H19BF2N4. The molecule has 0 bridgehead atoms. The van der Waals surface area contributed by atoms with Crippen molar-refractivity contribution in [1.29, 1.82) is 0 Å². The average Bonchev–Trinajstić information content (AvgIpc) is 2.93. The van der Waals surface area contributed by atoms with Gasteiger partial charge in [0.1, 0.15) is 11.4 Å². The Hall–Kier alpha value is -3.22. The van der Waals surface area contributed by atoms with E-state index in [1.54, 1.807) is 25.1 Å². The summed E-state index contributed by atoms with van der Waals surface area (Å²) in [5.41, 5.74) is 4.44. The van der Waals surface area contributed by atoms with E-state index in [4.69, 9.17) is 0 Å². The fourth-order valence-corrected chi connectivity index (χ4v) is 4.07. The van der Waals surface area contributed by atoms with Crippen LogP contribution in [-0.2, 0) is 0 Å². The van der Waals surface area contributed by atoms with Crippen LogP contribution in [0.5, 0.6) is 0 Å². The Kier molecular flexibility index (Phi) is 3.41. The number of aromatic nitrogens is 2. The van der Waals surface area contributed by atoms with Crippen molar-refractivity contribution in [2.45, 2.75) is 20.8 Å². The number of aryl methyl sites for hydroxylation is 1. The van der Waals surface area contributed by atoms with Gasteiger partial charge in [-0.2, -0.15) is 4.57 Å². The molecule has 0 saturated heterocycles. The first-order chi connectivity index (χ1) is 13.4. The molecular weight excluding hydrogens is 357 g/mol. The molecule has 2 aliphatic heterocycles. The minimum absolute atomic E-state index is 0.249. The van der Waals surface area contributed by atoms with Crippen LogP contribution in [-0.4, -0.2) is 17.4 Å². The molecule has 0 N–H and O–H groups in total. The largest absolute Gasteiger partial charge is 0.609 e. The first kappa shape index (κ1) is 16.9. The highest BCUT2D eigenvalue weighted by Gasteiger charge is 2.52. The van der Waals surface area contributed by atoms with Crippen molar-refractivity contribution in [2.24, 2.45) is 4.99 Å². The predicted octanol–water partition coefficient (Wildman–Crippen LogP) is 4.49. The van der Waals surface area contributed by atoms with E-state index in [-0.39, 0.29) is 11.8 Å². The Morgan fingerprint density at radius 2 is 1.64 bits per heavy atom. The van der Waals surface area contributed by atoms with E-state index in [9.17, 15) is 0 Å². The lowest BCUT2D eigenvalue weighted by Crippen LogP contribution is -2.73. The maximum absolute atomic E-state index is 15.9. The smallest absolute Gasteiger partial charge is 0.422 e. The number of aliphatic imine (C=N–C) groups is 1. The highest BCUT2D eigenvalue weighted by Crippen LogP contribution is 2.37. The molecule has 0 fully saturated rings. The number of anilines is 1. The van der Waals surface area contributed by atoms with Crippen LogP contribution in [0.25, 0.3) is 11.8 Å². The number of hydrogen-bond donors (Lipinski definition) is 0. The SMILES string of the molecule is Cc1ccc(-n2c(C)c(C)[n+]3c2N=C2C=Cc4ccccc4N2[B-]3(F)F)cc1. The third-order valence-corrected chi connectivity index (χ3v) is 5.62. The molecule has 0 saturated carbocycles. The van der Waals surface area contributed by atoms with Crippen molar-refractivity contribution in [3.8, 4) is 5.69 Å². The number of benzene rings is 2. The second kappa shape index (κ2) is 5.64. The van der Waals surface area contributed by atoms with Crippen LogP contribution in [0.2, 0.25) is 0 Å². The van der Waals surface area contributed by atoms with Gasteiger partial charge in [-0.1, -0.05) is 40.9 Å². The molecule has 0 amide bonds. The van der Waals surface area contributed by atoms with Gasteiger partial charge in [-0.3, -0.25) is 0 Å². The molecule has 140 valence electrons. The molecule has 0 spiro atoms. The monoisotopic (exact) mass is 376 g/mol. The minimum Gasteiger partial charge on any atom is -0.422 e. The Labute approximate surface area is 162 Å². The van der Waals surface area contributed by atoms with Gasteiger partial charge < -0.3 is 17.9 Å². The van der Waals surface area contributed by atoms with Crippen molar-refractivity contribution in [1.82, 2.24) is 4.57 Å². The van der Waals surface area contributed by atoms with Gasteiger partial charge in [-0.15, -0.1) is 0 Å². The molecule has 0 aliphatic carbocycles. The molecule has 5 rings (SSSR count). The lowest BCUT2D eigenvalue weighted by atomic mass is 9.87. The van der Waals surface area contributed by atoms with Gasteiger partial charge >= 0.3 is 12.9 Å².